The second kappa shape index (κ2) is 6.04. The Morgan fingerprint density at radius 3 is 2.48 bits per heavy atom. The van der Waals surface area contributed by atoms with Gasteiger partial charge in [0.25, 0.3) is 0 Å². The van der Waals surface area contributed by atoms with Gasteiger partial charge in [0.15, 0.2) is 0 Å². The highest BCUT2D eigenvalue weighted by molar-refractivity contribution is 5.93. The van der Waals surface area contributed by atoms with Crippen LogP contribution in [0.2, 0.25) is 0 Å². The molecular formula is C15H13NO5. The Morgan fingerprint density at radius 2 is 1.86 bits per heavy atom. The summed E-state index contributed by atoms with van der Waals surface area (Å²) in [6.07, 6.45) is 0.697. The van der Waals surface area contributed by atoms with Crippen LogP contribution < -0.4 is 4.74 Å². The Morgan fingerprint density at radius 1 is 1.19 bits per heavy atom. The lowest BCUT2D eigenvalue weighted by Crippen LogP contribution is -2.04. The molecule has 108 valence electrons. The monoisotopic (exact) mass is 287 g/mol. The number of carbonyl (C=O) groups is 1. The molecule has 0 atom stereocenters. The highest BCUT2D eigenvalue weighted by atomic mass is 16.6. The van der Waals surface area contributed by atoms with Crippen molar-refractivity contribution in [2.75, 3.05) is 0 Å². The summed E-state index contributed by atoms with van der Waals surface area (Å²) in [5.74, 6) is -0.970. The first-order valence-corrected chi connectivity index (χ1v) is 6.31. The standard InChI is InChI=1S/C15H13NO5/c1-2-10-6-3-4-8-12(10)21-13-9-5-7-11(15(17)18)14(13)16(19)20/h3-9H,2H2,1H3,(H,17,18). The molecule has 2 rings (SSSR count). The molecule has 0 aliphatic heterocycles. The van der Waals surface area contributed by atoms with E-state index in [0.717, 1.165) is 5.56 Å². The van der Waals surface area contributed by atoms with Gasteiger partial charge >= 0.3 is 11.7 Å². The molecular weight excluding hydrogens is 274 g/mol. The Balaban J connectivity index is 2.52. The number of nitro benzene ring substituents is 1. The first kappa shape index (κ1) is 14.5. The Hall–Kier alpha value is -2.89. The maximum atomic E-state index is 11.2. The summed E-state index contributed by atoms with van der Waals surface area (Å²) >= 11 is 0. The van der Waals surface area contributed by atoms with Gasteiger partial charge in [0.2, 0.25) is 5.75 Å². The van der Waals surface area contributed by atoms with E-state index < -0.39 is 22.1 Å². The lowest BCUT2D eigenvalue weighted by Gasteiger charge is -2.10. The largest absolute Gasteiger partial charge is 0.477 e. The molecule has 2 aromatic carbocycles. The molecule has 0 bridgehead atoms. The molecule has 0 aliphatic carbocycles. The van der Waals surface area contributed by atoms with E-state index in [9.17, 15) is 14.9 Å². The van der Waals surface area contributed by atoms with Crippen LogP contribution in [0.3, 0.4) is 0 Å². The zero-order valence-corrected chi connectivity index (χ0v) is 11.3. The fourth-order valence-corrected chi connectivity index (χ4v) is 1.98. The lowest BCUT2D eigenvalue weighted by molar-refractivity contribution is -0.386. The van der Waals surface area contributed by atoms with Gasteiger partial charge in [-0.25, -0.2) is 4.79 Å². The number of carboxylic acids is 1. The zero-order valence-electron chi connectivity index (χ0n) is 11.3. The van der Waals surface area contributed by atoms with Crippen molar-refractivity contribution in [3.63, 3.8) is 0 Å². The molecule has 0 saturated heterocycles. The summed E-state index contributed by atoms with van der Waals surface area (Å²) in [6.45, 7) is 1.93. The fourth-order valence-electron chi connectivity index (χ4n) is 1.98. The Kier molecular flexibility index (Phi) is 4.18. The van der Waals surface area contributed by atoms with Crippen LogP contribution in [-0.4, -0.2) is 16.0 Å². The number of nitro groups is 1. The highest BCUT2D eigenvalue weighted by Crippen LogP contribution is 2.35. The second-order valence-electron chi connectivity index (χ2n) is 4.28. The third-order valence-corrected chi connectivity index (χ3v) is 2.99. The molecule has 6 nitrogen and oxygen atoms in total. The molecule has 0 unspecified atom stereocenters. The van der Waals surface area contributed by atoms with Gasteiger partial charge in [-0.15, -0.1) is 0 Å². The fraction of sp³-hybridized carbons (Fsp3) is 0.133. The number of nitrogens with zero attached hydrogens (tertiary/aromatic N) is 1. The topological polar surface area (TPSA) is 89.7 Å². The third-order valence-electron chi connectivity index (χ3n) is 2.99. The summed E-state index contributed by atoms with van der Waals surface area (Å²) < 4.78 is 5.58. The second-order valence-corrected chi connectivity index (χ2v) is 4.28. The van der Waals surface area contributed by atoms with Gasteiger partial charge in [-0.1, -0.05) is 31.2 Å². The molecule has 0 aromatic heterocycles. The van der Waals surface area contributed by atoms with Gasteiger partial charge in [0, 0.05) is 0 Å². The SMILES string of the molecule is CCc1ccccc1Oc1cccc(C(=O)O)c1[N+](=O)[O-]. The van der Waals surface area contributed by atoms with Crippen LogP contribution in [0.15, 0.2) is 42.5 Å². The van der Waals surface area contributed by atoms with Crippen molar-refractivity contribution in [3.05, 3.63) is 63.7 Å². The molecule has 0 saturated carbocycles. The molecule has 0 aliphatic rings. The highest BCUT2D eigenvalue weighted by Gasteiger charge is 2.26. The van der Waals surface area contributed by atoms with Crippen molar-refractivity contribution in [2.24, 2.45) is 0 Å². The molecule has 1 N–H and O–H groups in total. The van der Waals surface area contributed by atoms with E-state index in [-0.39, 0.29) is 5.75 Å². The van der Waals surface area contributed by atoms with Crippen LogP contribution in [0, 0.1) is 10.1 Å². The van der Waals surface area contributed by atoms with Crippen molar-refractivity contribution in [1.29, 1.82) is 0 Å². The maximum Gasteiger partial charge on any atom is 0.342 e. The van der Waals surface area contributed by atoms with Gasteiger partial charge in [0.05, 0.1) is 4.92 Å². The summed E-state index contributed by atoms with van der Waals surface area (Å²) in [5, 5.41) is 20.2. The summed E-state index contributed by atoms with van der Waals surface area (Å²) in [5.41, 5.74) is -0.0603. The van der Waals surface area contributed by atoms with E-state index >= 15 is 0 Å². The molecule has 6 heteroatoms. The van der Waals surface area contributed by atoms with Gasteiger partial charge in [-0.2, -0.15) is 0 Å². The van der Waals surface area contributed by atoms with Crippen molar-refractivity contribution >= 4 is 11.7 Å². The number of carboxylic acid groups (broad SMARTS) is 1. The number of rotatable bonds is 5. The van der Waals surface area contributed by atoms with Gasteiger partial charge < -0.3 is 9.84 Å². The van der Waals surface area contributed by atoms with Crippen molar-refractivity contribution < 1.29 is 19.6 Å². The van der Waals surface area contributed by atoms with E-state index in [1.807, 2.05) is 19.1 Å². The van der Waals surface area contributed by atoms with Crippen molar-refractivity contribution in [1.82, 2.24) is 0 Å². The zero-order chi connectivity index (χ0) is 15.4. The molecule has 0 amide bonds. The van der Waals surface area contributed by atoms with Crippen molar-refractivity contribution in [2.45, 2.75) is 13.3 Å². The molecule has 0 fully saturated rings. The van der Waals surface area contributed by atoms with Crippen LogP contribution in [-0.2, 0) is 6.42 Å². The predicted molar refractivity (Wildman–Crippen MR) is 75.9 cm³/mol. The first-order chi connectivity index (χ1) is 10.0. The minimum absolute atomic E-state index is 0.0826. The van der Waals surface area contributed by atoms with Gasteiger partial charge in [0.1, 0.15) is 11.3 Å². The molecule has 0 radical (unpaired) electrons. The number of hydrogen-bond acceptors (Lipinski definition) is 4. The van der Waals surface area contributed by atoms with Gasteiger partial charge in [-0.3, -0.25) is 10.1 Å². The number of aryl methyl sites for hydroxylation is 1. The Bertz CT molecular complexity index is 696. The quantitative estimate of drug-likeness (QED) is 0.669. The number of benzene rings is 2. The molecule has 0 spiro atoms. The van der Waals surface area contributed by atoms with E-state index in [1.54, 1.807) is 12.1 Å². The molecule has 21 heavy (non-hydrogen) atoms. The van der Waals surface area contributed by atoms with E-state index in [0.29, 0.717) is 12.2 Å². The maximum absolute atomic E-state index is 11.2. The predicted octanol–water partition coefficient (Wildman–Crippen LogP) is 3.65. The van der Waals surface area contributed by atoms with Crippen molar-refractivity contribution in [3.8, 4) is 11.5 Å². The van der Waals surface area contributed by atoms with Crippen LogP contribution in [0.4, 0.5) is 5.69 Å². The summed E-state index contributed by atoms with van der Waals surface area (Å²) in [6, 6.07) is 11.1. The van der Waals surface area contributed by atoms with Gasteiger partial charge in [-0.05, 0) is 30.2 Å². The van der Waals surface area contributed by atoms with Crippen LogP contribution in [0.25, 0.3) is 0 Å². The minimum atomic E-state index is -1.36. The van der Waals surface area contributed by atoms with Crippen LogP contribution in [0.1, 0.15) is 22.8 Å². The number of hydrogen-bond donors (Lipinski definition) is 1. The molecule has 2 aromatic rings. The Labute approximate surface area is 120 Å². The van der Waals surface area contributed by atoms with Crippen LogP contribution in [0.5, 0.6) is 11.5 Å². The summed E-state index contributed by atoms with van der Waals surface area (Å²) in [7, 11) is 0. The summed E-state index contributed by atoms with van der Waals surface area (Å²) in [4.78, 5) is 21.5. The average Bonchev–Trinajstić information content (AvgIpc) is 2.47. The van der Waals surface area contributed by atoms with E-state index in [2.05, 4.69) is 0 Å². The minimum Gasteiger partial charge on any atom is -0.477 e. The van der Waals surface area contributed by atoms with E-state index in [4.69, 9.17) is 9.84 Å². The normalized spacial score (nSPS) is 10.1. The van der Waals surface area contributed by atoms with E-state index in [1.165, 1.54) is 18.2 Å². The van der Waals surface area contributed by atoms with Crippen LogP contribution >= 0.6 is 0 Å². The number of para-hydroxylation sites is 2. The molecule has 0 heterocycles. The number of ether oxygens (including phenoxy) is 1. The third kappa shape index (κ3) is 3.00. The first-order valence-electron chi connectivity index (χ1n) is 6.31. The number of aromatic carboxylic acids is 1. The lowest BCUT2D eigenvalue weighted by atomic mass is 10.1. The average molecular weight is 287 g/mol. The smallest absolute Gasteiger partial charge is 0.342 e.